The van der Waals surface area contributed by atoms with Gasteiger partial charge in [-0.1, -0.05) is 18.6 Å². The Morgan fingerprint density at radius 1 is 1.38 bits per heavy atom. The van der Waals surface area contributed by atoms with Gasteiger partial charge >= 0.3 is 0 Å². The zero-order valence-electron chi connectivity index (χ0n) is 7.66. The lowest BCUT2D eigenvalue weighted by Gasteiger charge is -2.41. The molecule has 0 aliphatic heterocycles. The van der Waals surface area contributed by atoms with Gasteiger partial charge in [-0.3, -0.25) is 0 Å². The Kier molecular flexibility index (Phi) is 2.24. The van der Waals surface area contributed by atoms with Crippen molar-refractivity contribution in [2.45, 2.75) is 24.7 Å². The topological polar surface area (TPSA) is 26.0 Å². The van der Waals surface area contributed by atoms with Gasteiger partial charge in [0, 0.05) is 11.1 Å². The Hall–Kier alpha value is -0.630. The van der Waals surface area contributed by atoms with Gasteiger partial charge in [0.2, 0.25) is 0 Å². The lowest BCUT2D eigenvalue weighted by molar-refractivity contribution is 0.279. The van der Waals surface area contributed by atoms with Crippen molar-refractivity contribution < 1.29 is 0 Å². The summed E-state index contributed by atoms with van der Waals surface area (Å²) in [5.41, 5.74) is 8.33. The average Bonchev–Trinajstić information content (AvgIpc) is 2.03. The van der Waals surface area contributed by atoms with Gasteiger partial charge in [-0.05, 0) is 36.3 Å². The summed E-state index contributed by atoms with van der Waals surface area (Å²) in [6.45, 7) is 0. The number of nitrogen functional groups attached to an aromatic ring is 1. The number of benzene rings is 1. The van der Waals surface area contributed by atoms with E-state index in [1.54, 1.807) is 0 Å². The number of anilines is 1. The number of hydrogen-bond acceptors (Lipinski definition) is 2. The molecule has 0 heterocycles. The predicted molar refractivity (Wildman–Crippen MR) is 60.2 cm³/mol. The number of nitrogens with two attached hydrogens (primary N) is 1. The fourth-order valence-electron chi connectivity index (χ4n) is 2.01. The minimum Gasteiger partial charge on any atom is -0.399 e. The lowest BCUT2D eigenvalue weighted by Crippen LogP contribution is -2.36. The molecule has 0 saturated heterocycles. The van der Waals surface area contributed by atoms with E-state index in [1.165, 1.54) is 24.8 Å². The molecule has 0 spiro atoms. The first-order valence-electron chi connectivity index (χ1n) is 4.74. The third kappa shape index (κ3) is 1.44. The SMILES string of the molecule is Nc1cccc(C2(CS)CCC2)c1. The zero-order valence-corrected chi connectivity index (χ0v) is 8.56. The van der Waals surface area contributed by atoms with Crippen LogP contribution in [0.15, 0.2) is 24.3 Å². The summed E-state index contributed by atoms with van der Waals surface area (Å²) in [4.78, 5) is 0. The molecule has 0 radical (unpaired) electrons. The summed E-state index contributed by atoms with van der Waals surface area (Å²) in [6, 6.07) is 8.24. The molecule has 2 rings (SSSR count). The van der Waals surface area contributed by atoms with Crippen LogP contribution in [0.4, 0.5) is 5.69 Å². The van der Waals surface area contributed by atoms with Gasteiger partial charge in [-0.25, -0.2) is 0 Å². The molecule has 1 aliphatic carbocycles. The van der Waals surface area contributed by atoms with Crippen LogP contribution in [0.2, 0.25) is 0 Å². The molecular formula is C11H15NS. The van der Waals surface area contributed by atoms with Crippen molar-refractivity contribution in [3.8, 4) is 0 Å². The summed E-state index contributed by atoms with van der Waals surface area (Å²) < 4.78 is 0. The maximum absolute atomic E-state index is 5.76. The van der Waals surface area contributed by atoms with E-state index in [-0.39, 0.29) is 0 Å². The molecule has 2 N–H and O–H groups in total. The third-order valence-electron chi connectivity index (χ3n) is 3.11. The quantitative estimate of drug-likeness (QED) is 0.548. The Labute approximate surface area is 84.7 Å². The summed E-state index contributed by atoms with van der Waals surface area (Å²) in [7, 11) is 0. The van der Waals surface area contributed by atoms with Crippen LogP contribution in [0, 0.1) is 0 Å². The third-order valence-corrected chi connectivity index (χ3v) is 3.72. The summed E-state index contributed by atoms with van der Waals surface area (Å²) in [5, 5.41) is 0. The van der Waals surface area contributed by atoms with Gasteiger partial charge < -0.3 is 5.73 Å². The van der Waals surface area contributed by atoms with E-state index in [1.807, 2.05) is 12.1 Å². The average molecular weight is 193 g/mol. The smallest absolute Gasteiger partial charge is 0.0316 e. The van der Waals surface area contributed by atoms with Crippen LogP contribution in [0.1, 0.15) is 24.8 Å². The van der Waals surface area contributed by atoms with E-state index >= 15 is 0 Å². The lowest BCUT2D eigenvalue weighted by atomic mass is 9.66. The van der Waals surface area contributed by atoms with Gasteiger partial charge in [0.25, 0.3) is 0 Å². The first-order chi connectivity index (χ1) is 6.27. The second kappa shape index (κ2) is 3.26. The van der Waals surface area contributed by atoms with Crippen molar-refractivity contribution in [2.24, 2.45) is 0 Å². The van der Waals surface area contributed by atoms with Crippen LogP contribution in [-0.2, 0) is 5.41 Å². The maximum atomic E-state index is 5.76. The fraction of sp³-hybridized carbons (Fsp3) is 0.455. The fourth-order valence-corrected chi connectivity index (χ4v) is 2.51. The highest BCUT2D eigenvalue weighted by atomic mass is 32.1. The molecular weight excluding hydrogens is 178 g/mol. The molecule has 1 nitrogen and oxygen atoms in total. The Bertz CT molecular complexity index is 299. The van der Waals surface area contributed by atoms with E-state index in [9.17, 15) is 0 Å². The first-order valence-corrected chi connectivity index (χ1v) is 5.37. The molecule has 70 valence electrons. The normalized spacial score (nSPS) is 19.5. The van der Waals surface area contributed by atoms with Crippen molar-refractivity contribution in [3.63, 3.8) is 0 Å². The van der Waals surface area contributed by atoms with Crippen LogP contribution < -0.4 is 5.73 Å². The van der Waals surface area contributed by atoms with Crippen LogP contribution >= 0.6 is 12.6 Å². The molecule has 1 aromatic rings. The summed E-state index contributed by atoms with van der Waals surface area (Å²) in [5.74, 6) is 0.941. The maximum Gasteiger partial charge on any atom is 0.0316 e. The molecule has 1 saturated carbocycles. The minimum absolute atomic E-state index is 0.332. The van der Waals surface area contributed by atoms with Crippen LogP contribution in [0.5, 0.6) is 0 Å². The van der Waals surface area contributed by atoms with Crippen LogP contribution in [-0.4, -0.2) is 5.75 Å². The second-order valence-electron chi connectivity index (χ2n) is 3.92. The van der Waals surface area contributed by atoms with Crippen molar-refractivity contribution in [2.75, 3.05) is 11.5 Å². The first kappa shape index (κ1) is 8.95. The minimum atomic E-state index is 0.332. The van der Waals surface area contributed by atoms with E-state index in [0.717, 1.165) is 11.4 Å². The molecule has 13 heavy (non-hydrogen) atoms. The standard InChI is InChI=1S/C11H15NS/c12-10-4-1-3-9(7-10)11(8-13)5-2-6-11/h1,3-4,7,13H,2,5-6,8,12H2. The highest BCUT2D eigenvalue weighted by Crippen LogP contribution is 2.44. The zero-order chi connectivity index (χ0) is 9.31. The molecule has 0 unspecified atom stereocenters. The van der Waals surface area contributed by atoms with Crippen molar-refractivity contribution in [1.82, 2.24) is 0 Å². The Balaban J connectivity index is 2.33. The molecule has 1 aromatic carbocycles. The van der Waals surface area contributed by atoms with E-state index in [2.05, 4.69) is 24.8 Å². The van der Waals surface area contributed by atoms with Crippen molar-refractivity contribution in [1.29, 1.82) is 0 Å². The van der Waals surface area contributed by atoms with Crippen LogP contribution in [0.25, 0.3) is 0 Å². The van der Waals surface area contributed by atoms with Crippen LogP contribution in [0.3, 0.4) is 0 Å². The molecule has 0 bridgehead atoms. The number of rotatable bonds is 2. The van der Waals surface area contributed by atoms with Crippen molar-refractivity contribution >= 4 is 18.3 Å². The Morgan fingerprint density at radius 3 is 2.62 bits per heavy atom. The highest BCUT2D eigenvalue weighted by molar-refractivity contribution is 7.80. The van der Waals surface area contributed by atoms with E-state index in [4.69, 9.17) is 5.73 Å². The number of hydrogen-bond donors (Lipinski definition) is 2. The van der Waals surface area contributed by atoms with Gasteiger partial charge in [0.05, 0.1) is 0 Å². The van der Waals surface area contributed by atoms with Gasteiger partial charge in [0.1, 0.15) is 0 Å². The summed E-state index contributed by atoms with van der Waals surface area (Å²) in [6.07, 6.45) is 3.86. The monoisotopic (exact) mass is 193 g/mol. The molecule has 0 amide bonds. The molecule has 2 heteroatoms. The predicted octanol–water partition coefficient (Wildman–Crippen LogP) is 2.62. The molecule has 0 atom stereocenters. The van der Waals surface area contributed by atoms with Crippen molar-refractivity contribution in [3.05, 3.63) is 29.8 Å². The number of thiol groups is 1. The summed E-state index contributed by atoms with van der Waals surface area (Å²) >= 11 is 4.44. The highest BCUT2D eigenvalue weighted by Gasteiger charge is 2.37. The Morgan fingerprint density at radius 2 is 2.15 bits per heavy atom. The molecule has 1 fully saturated rings. The van der Waals surface area contributed by atoms with E-state index < -0.39 is 0 Å². The van der Waals surface area contributed by atoms with Gasteiger partial charge in [0.15, 0.2) is 0 Å². The second-order valence-corrected chi connectivity index (χ2v) is 4.23. The molecule has 0 aromatic heterocycles. The molecule has 1 aliphatic rings. The van der Waals surface area contributed by atoms with Gasteiger partial charge in [-0.2, -0.15) is 12.6 Å². The van der Waals surface area contributed by atoms with E-state index in [0.29, 0.717) is 5.41 Å². The largest absolute Gasteiger partial charge is 0.399 e. The van der Waals surface area contributed by atoms with Gasteiger partial charge in [-0.15, -0.1) is 0 Å².